The van der Waals surface area contributed by atoms with Crippen LogP contribution in [0.5, 0.6) is 0 Å². The molecule has 1 aromatic carbocycles. The number of amides is 1. The average molecular weight is 368 g/mol. The molecule has 1 aliphatic carbocycles. The number of para-hydroxylation sites is 1. The lowest BCUT2D eigenvalue weighted by Gasteiger charge is -2.34. The number of rotatable bonds is 5. The lowest BCUT2D eigenvalue weighted by molar-refractivity contribution is -0.383. The number of hydrogen-bond donors (Lipinski definition) is 1. The number of carbonyl (C=O) groups excluding carboxylic acids is 1. The van der Waals surface area contributed by atoms with Crippen LogP contribution in [0.3, 0.4) is 0 Å². The Balaban J connectivity index is 1.61. The number of pyridine rings is 1. The molecule has 2 aromatic rings. The van der Waals surface area contributed by atoms with Crippen LogP contribution in [-0.4, -0.2) is 35.4 Å². The maximum absolute atomic E-state index is 12.5. The highest BCUT2D eigenvalue weighted by molar-refractivity contribution is 5.97. The van der Waals surface area contributed by atoms with Gasteiger partial charge < -0.3 is 10.2 Å². The molecule has 1 saturated heterocycles. The van der Waals surface area contributed by atoms with Crippen molar-refractivity contribution in [3.05, 3.63) is 40.1 Å². The van der Waals surface area contributed by atoms with Gasteiger partial charge in [0.05, 0.1) is 10.8 Å². The molecule has 1 atom stereocenters. The van der Waals surface area contributed by atoms with E-state index in [0.29, 0.717) is 18.0 Å². The standard InChI is InChI=1S/C20H24N4O3/c1-13-10-18(16-5-2-6-17(24(26)27)19(16)22-13)23-9-3-4-15(12-23)20(25)21-11-14-7-8-14/h2,5-6,10,14-15H,3-4,7-9,11-12H2,1H3,(H,21,25). The van der Waals surface area contributed by atoms with E-state index in [0.717, 1.165) is 42.7 Å². The maximum atomic E-state index is 12.5. The molecule has 1 unspecified atom stereocenters. The van der Waals surface area contributed by atoms with E-state index in [-0.39, 0.29) is 22.4 Å². The highest BCUT2D eigenvalue weighted by atomic mass is 16.6. The van der Waals surface area contributed by atoms with Gasteiger partial charge in [0.1, 0.15) is 0 Å². The minimum Gasteiger partial charge on any atom is -0.370 e. The van der Waals surface area contributed by atoms with Crippen LogP contribution in [0.25, 0.3) is 10.9 Å². The molecule has 7 heteroatoms. The van der Waals surface area contributed by atoms with Crippen molar-refractivity contribution in [1.82, 2.24) is 10.3 Å². The summed E-state index contributed by atoms with van der Waals surface area (Å²) >= 11 is 0. The predicted molar refractivity (Wildman–Crippen MR) is 104 cm³/mol. The summed E-state index contributed by atoms with van der Waals surface area (Å²) < 4.78 is 0. The maximum Gasteiger partial charge on any atom is 0.295 e. The molecule has 4 rings (SSSR count). The molecule has 142 valence electrons. The summed E-state index contributed by atoms with van der Waals surface area (Å²) in [5, 5.41) is 15.2. The van der Waals surface area contributed by atoms with Gasteiger partial charge in [-0.25, -0.2) is 4.98 Å². The fourth-order valence-electron chi connectivity index (χ4n) is 3.87. The third-order valence-electron chi connectivity index (χ3n) is 5.52. The summed E-state index contributed by atoms with van der Waals surface area (Å²) in [6.45, 7) is 4.12. The van der Waals surface area contributed by atoms with Crippen molar-refractivity contribution in [3.63, 3.8) is 0 Å². The van der Waals surface area contributed by atoms with Gasteiger partial charge in [0, 0.05) is 42.5 Å². The van der Waals surface area contributed by atoms with Crippen LogP contribution in [0, 0.1) is 28.9 Å². The number of hydrogen-bond acceptors (Lipinski definition) is 5. The first-order valence-electron chi connectivity index (χ1n) is 9.60. The zero-order chi connectivity index (χ0) is 19.0. The lowest BCUT2D eigenvalue weighted by atomic mass is 9.96. The Kier molecular flexibility index (Phi) is 4.68. The number of carbonyl (C=O) groups is 1. The van der Waals surface area contributed by atoms with Crippen molar-refractivity contribution in [2.24, 2.45) is 11.8 Å². The topological polar surface area (TPSA) is 88.4 Å². The summed E-state index contributed by atoms with van der Waals surface area (Å²) in [6.07, 6.45) is 4.25. The number of aromatic nitrogens is 1. The van der Waals surface area contributed by atoms with E-state index in [1.54, 1.807) is 6.07 Å². The van der Waals surface area contributed by atoms with Crippen LogP contribution in [0.1, 0.15) is 31.4 Å². The van der Waals surface area contributed by atoms with Crippen LogP contribution in [-0.2, 0) is 4.79 Å². The zero-order valence-corrected chi connectivity index (χ0v) is 15.5. The van der Waals surface area contributed by atoms with Crippen LogP contribution < -0.4 is 10.2 Å². The number of piperidine rings is 1. The average Bonchev–Trinajstić information content (AvgIpc) is 3.49. The largest absolute Gasteiger partial charge is 0.370 e. The van der Waals surface area contributed by atoms with E-state index < -0.39 is 0 Å². The summed E-state index contributed by atoms with van der Waals surface area (Å²) in [4.78, 5) is 30.1. The van der Waals surface area contributed by atoms with Gasteiger partial charge in [0.25, 0.3) is 5.69 Å². The van der Waals surface area contributed by atoms with Gasteiger partial charge in [-0.1, -0.05) is 12.1 Å². The first-order chi connectivity index (χ1) is 13.0. The Bertz CT molecular complexity index is 894. The number of aryl methyl sites for hydroxylation is 1. The summed E-state index contributed by atoms with van der Waals surface area (Å²) in [7, 11) is 0. The van der Waals surface area contributed by atoms with Crippen molar-refractivity contribution in [1.29, 1.82) is 0 Å². The SMILES string of the molecule is Cc1cc(N2CCCC(C(=O)NCC3CC3)C2)c2cccc([N+](=O)[O-])c2n1. The van der Waals surface area contributed by atoms with Crippen LogP contribution in [0.2, 0.25) is 0 Å². The van der Waals surface area contributed by atoms with Crippen molar-refractivity contribution < 1.29 is 9.72 Å². The quantitative estimate of drug-likeness (QED) is 0.647. The van der Waals surface area contributed by atoms with Gasteiger partial charge in [-0.15, -0.1) is 0 Å². The second kappa shape index (κ2) is 7.13. The van der Waals surface area contributed by atoms with E-state index in [9.17, 15) is 14.9 Å². The molecule has 1 N–H and O–H groups in total. The monoisotopic (exact) mass is 368 g/mol. The van der Waals surface area contributed by atoms with Gasteiger partial charge in [-0.05, 0) is 44.6 Å². The fourth-order valence-corrected chi connectivity index (χ4v) is 3.87. The minimum atomic E-state index is -0.386. The molecule has 0 bridgehead atoms. The third kappa shape index (κ3) is 3.72. The van der Waals surface area contributed by atoms with Crippen LogP contribution in [0.15, 0.2) is 24.3 Å². The number of nitrogens with zero attached hydrogens (tertiary/aromatic N) is 3. The Morgan fingerprint density at radius 3 is 2.93 bits per heavy atom. The first-order valence-corrected chi connectivity index (χ1v) is 9.60. The summed E-state index contributed by atoms with van der Waals surface area (Å²) in [5.41, 5.74) is 2.11. The minimum absolute atomic E-state index is 0.0215. The first kappa shape index (κ1) is 17.7. The Labute approximate surface area is 157 Å². The molecule has 0 radical (unpaired) electrons. The Hall–Kier alpha value is -2.70. The van der Waals surface area contributed by atoms with E-state index in [1.807, 2.05) is 19.1 Å². The Morgan fingerprint density at radius 2 is 2.19 bits per heavy atom. The number of nitro benzene ring substituents is 1. The van der Waals surface area contributed by atoms with Crippen molar-refractivity contribution >= 4 is 28.2 Å². The van der Waals surface area contributed by atoms with Gasteiger partial charge in [0.2, 0.25) is 5.91 Å². The molecule has 2 fully saturated rings. The number of anilines is 1. The van der Waals surface area contributed by atoms with E-state index >= 15 is 0 Å². The van der Waals surface area contributed by atoms with E-state index in [2.05, 4.69) is 15.2 Å². The highest BCUT2D eigenvalue weighted by Crippen LogP contribution is 2.34. The number of fused-ring (bicyclic) bond motifs is 1. The zero-order valence-electron chi connectivity index (χ0n) is 15.5. The fraction of sp³-hybridized carbons (Fsp3) is 0.500. The molecule has 1 aromatic heterocycles. The predicted octanol–water partition coefficient (Wildman–Crippen LogP) is 3.19. The molecule has 7 nitrogen and oxygen atoms in total. The normalized spacial score (nSPS) is 19.9. The molecule has 1 aliphatic heterocycles. The molecule has 1 saturated carbocycles. The smallest absolute Gasteiger partial charge is 0.295 e. The van der Waals surface area contributed by atoms with Crippen molar-refractivity contribution in [2.75, 3.05) is 24.5 Å². The molecule has 27 heavy (non-hydrogen) atoms. The molecular formula is C20H24N4O3. The number of non-ortho nitro benzene ring substituents is 1. The number of nitro groups is 1. The van der Waals surface area contributed by atoms with Crippen molar-refractivity contribution in [3.8, 4) is 0 Å². The van der Waals surface area contributed by atoms with Gasteiger partial charge in [0.15, 0.2) is 5.52 Å². The van der Waals surface area contributed by atoms with Gasteiger partial charge in [-0.2, -0.15) is 0 Å². The van der Waals surface area contributed by atoms with Crippen LogP contribution >= 0.6 is 0 Å². The van der Waals surface area contributed by atoms with Gasteiger partial charge in [-0.3, -0.25) is 14.9 Å². The lowest BCUT2D eigenvalue weighted by Crippen LogP contribution is -2.43. The second-order valence-corrected chi connectivity index (χ2v) is 7.69. The highest BCUT2D eigenvalue weighted by Gasteiger charge is 2.29. The second-order valence-electron chi connectivity index (χ2n) is 7.69. The summed E-state index contributed by atoms with van der Waals surface area (Å²) in [5.74, 6) is 0.758. The molecule has 2 heterocycles. The third-order valence-corrected chi connectivity index (χ3v) is 5.52. The molecule has 2 aliphatic rings. The summed E-state index contributed by atoms with van der Waals surface area (Å²) in [6, 6.07) is 7.03. The van der Waals surface area contributed by atoms with Crippen molar-refractivity contribution in [2.45, 2.75) is 32.6 Å². The molecule has 0 spiro atoms. The van der Waals surface area contributed by atoms with E-state index in [4.69, 9.17) is 0 Å². The molecule has 1 amide bonds. The molecular weight excluding hydrogens is 344 g/mol. The number of benzene rings is 1. The number of nitrogens with one attached hydrogen (secondary N) is 1. The van der Waals surface area contributed by atoms with Gasteiger partial charge >= 0.3 is 0 Å². The Morgan fingerprint density at radius 1 is 1.37 bits per heavy atom. The van der Waals surface area contributed by atoms with E-state index in [1.165, 1.54) is 18.9 Å². The van der Waals surface area contributed by atoms with Crippen LogP contribution in [0.4, 0.5) is 11.4 Å².